The number of ether oxygens (including phenoxy) is 1. The highest BCUT2D eigenvalue weighted by Crippen LogP contribution is 2.18. The van der Waals surface area contributed by atoms with Crippen molar-refractivity contribution in [3.05, 3.63) is 93.7 Å². The molecule has 0 spiro atoms. The normalized spacial score (nSPS) is 10.7. The van der Waals surface area contributed by atoms with Gasteiger partial charge in [0.2, 0.25) is 0 Å². The highest BCUT2D eigenvalue weighted by molar-refractivity contribution is 6.32. The Kier molecular flexibility index (Phi) is 6.41. The van der Waals surface area contributed by atoms with Gasteiger partial charge in [-0.1, -0.05) is 41.4 Å². The Balaban J connectivity index is 1.54. The lowest BCUT2D eigenvalue weighted by Crippen LogP contribution is -2.18. The van der Waals surface area contributed by atoms with Gasteiger partial charge in [0.05, 0.1) is 11.8 Å². The zero-order chi connectivity index (χ0) is 19.1. The number of nitrogens with one attached hydrogen (secondary N) is 1. The van der Waals surface area contributed by atoms with Crippen LogP contribution in [0.5, 0.6) is 5.75 Å². The van der Waals surface area contributed by atoms with Crippen molar-refractivity contribution in [1.29, 1.82) is 0 Å². The predicted molar refractivity (Wildman–Crippen MR) is 107 cm³/mol. The van der Waals surface area contributed by atoms with Crippen LogP contribution in [-0.4, -0.2) is 17.1 Å². The first-order valence-corrected chi connectivity index (χ1v) is 8.79. The van der Waals surface area contributed by atoms with E-state index < -0.39 is 5.91 Å². The molecule has 3 rings (SSSR count). The Labute approximate surface area is 166 Å². The molecule has 1 heterocycles. The van der Waals surface area contributed by atoms with Gasteiger partial charge in [-0.3, -0.25) is 4.79 Å². The summed E-state index contributed by atoms with van der Waals surface area (Å²) < 4.78 is 5.72. The molecule has 7 heteroatoms. The second-order valence-corrected chi connectivity index (χ2v) is 6.26. The molecule has 0 unspecified atom stereocenters. The van der Waals surface area contributed by atoms with Gasteiger partial charge in [-0.05, 0) is 48.0 Å². The lowest BCUT2D eigenvalue weighted by Gasteiger charge is -2.07. The fraction of sp³-hybridized carbons (Fsp3) is 0.0500. The summed E-state index contributed by atoms with van der Waals surface area (Å²) in [5.41, 5.74) is 4.40. The van der Waals surface area contributed by atoms with Crippen LogP contribution in [0.3, 0.4) is 0 Å². The molecule has 0 saturated carbocycles. The minimum atomic E-state index is -0.427. The second-order valence-electron chi connectivity index (χ2n) is 5.49. The first-order chi connectivity index (χ1) is 13.1. The molecule has 0 aliphatic carbocycles. The van der Waals surface area contributed by atoms with Crippen LogP contribution in [0.1, 0.15) is 21.5 Å². The molecule has 3 aromatic rings. The van der Waals surface area contributed by atoms with Crippen molar-refractivity contribution in [3.63, 3.8) is 0 Å². The van der Waals surface area contributed by atoms with Crippen LogP contribution < -0.4 is 10.2 Å². The van der Waals surface area contributed by atoms with E-state index in [1.807, 2.05) is 48.5 Å². The summed E-state index contributed by atoms with van der Waals surface area (Å²) >= 11 is 12.0. The van der Waals surface area contributed by atoms with Crippen LogP contribution in [0, 0.1) is 0 Å². The van der Waals surface area contributed by atoms with Crippen molar-refractivity contribution in [2.75, 3.05) is 0 Å². The summed E-state index contributed by atoms with van der Waals surface area (Å²) in [6.45, 7) is 0.384. The van der Waals surface area contributed by atoms with Gasteiger partial charge in [-0.15, -0.1) is 0 Å². The first-order valence-electron chi connectivity index (χ1n) is 8.03. The third-order valence-corrected chi connectivity index (χ3v) is 4.29. The van der Waals surface area contributed by atoms with E-state index in [1.54, 1.807) is 12.1 Å². The van der Waals surface area contributed by atoms with Crippen molar-refractivity contribution < 1.29 is 9.53 Å². The van der Waals surface area contributed by atoms with E-state index in [2.05, 4.69) is 15.5 Å². The predicted octanol–water partition coefficient (Wildman–Crippen LogP) is 4.73. The summed E-state index contributed by atoms with van der Waals surface area (Å²) in [5, 5.41) is 4.73. The van der Waals surface area contributed by atoms with Crippen LogP contribution in [-0.2, 0) is 6.61 Å². The van der Waals surface area contributed by atoms with Gasteiger partial charge in [0.25, 0.3) is 5.91 Å². The lowest BCUT2D eigenvalue weighted by atomic mass is 10.2. The maximum absolute atomic E-state index is 12.0. The number of carbonyl (C=O) groups excluding carboxylic acids is 1. The topological polar surface area (TPSA) is 63.6 Å². The Morgan fingerprint density at radius 1 is 1.07 bits per heavy atom. The van der Waals surface area contributed by atoms with Crippen molar-refractivity contribution in [2.24, 2.45) is 5.10 Å². The third-order valence-electron chi connectivity index (χ3n) is 3.62. The summed E-state index contributed by atoms with van der Waals surface area (Å²) in [4.78, 5) is 15.8. The summed E-state index contributed by atoms with van der Waals surface area (Å²) in [7, 11) is 0. The monoisotopic (exact) mass is 399 g/mol. The molecule has 0 atom stereocenters. The fourth-order valence-electron chi connectivity index (χ4n) is 2.21. The van der Waals surface area contributed by atoms with Gasteiger partial charge in [0.15, 0.2) is 0 Å². The molecule has 0 radical (unpaired) electrons. The zero-order valence-electron chi connectivity index (χ0n) is 14.1. The number of nitrogens with zero attached hydrogens (tertiary/aromatic N) is 2. The standard InChI is InChI=1S/C20H15Cl2N3O2/c21-18-6-2-1-4-15(18)13-27-16-9-7-14(8-10-16)12-24-25-20(26)17-5-3-11-23-19(17)22/h1-12H,13H2,(H,25,26). The number of hydrogen-bond acceptors (Lipinski definition) is 4. The van der Waals surface area contributed by atoms with Crippen LogP contribution in [0.4, 0.5) is 0 Å². The minimum absolute atomic E-state index is 0.130. The van der Waals surface area contributed by atoms with E-state index in [4.69, 9.17) is 27.9 Å². The average molecular weight is 400 g/mol. The first kappa shape index (κ1) is 18.9. The third kappa shape index (κ3) is 5.29. The van der Waals surface area contributed by atoms with Gasteiger partial charge in [0, 0.05) is 16.8 Å². The summed E-state index contributed by atoms with van der Waals surface area (Å²) in [6.07, 6.45) is 3.04. The number of benzene rings is 2. The van der Waals surface area contributed by atoms with Crippen LogP contribution >= 0.6 is 23.2 Å². The number of amides is 1. The van der Waals surface area contributed by atoms with E-state index in [0.717, 1.165) is 11.1 Å². The molecular weight excluding hydrogens is 385 g/mol. The van der Waals surface area contributed by atoms with E-state index in [-0.39, 0.29) is 10.7 Å². The maximum atomic E-state index is 12.0. The minimum Gasteiger partial charge on any atom is -0.489 e. The van der Waals surface area contributed by atoms with Crippen molar-refractivity contribution >= 4 is 35.3 Å². The van der Waals surface area contributed by atoms with E-state index in [9.17, 15) is 4.79 Å². The van der Waals surface area contributed by atoms with Gasteiger partial charge < -0.3 is 4.74 Å². The highest BCUT2D eigenvalue weighted by atomic mass is 35.5. The van der Waals surface area contributed by atoms with E-state index in [1.165, 1.54) is 12.4 Å². The molecule has 5 nitrogen and oxygen atoms in total. The number of halogens is 2. The quantitative estimate of drug-likeness (QED) is 0.370. The maximum Gasteiger partial charge on any atom is 0.274 e. The number of rotatable bonds is 6. The molecule has 0 aliphatic heterocycles. The van der Waals surface area contributed by atoms with Crippen LogP contribution in [0.25, 0.3) is 0 Å². The number of pyridine rings is 1. The molecule has 0 fully saturated rings. The molecule has 27 heavy (non-hydrogen) atoms. The van der Waals surface area contributed by atoms with Crippen LogP contribution in [0.2, 0.25) is 10.2 Å². The lowest BCUT2D eigenvalue weighted by molar-refractivity contribution is 0.0955. The number of hydrazone groups is 1. The SMILES string of the molecule is O=C(NN=Cc1ccc(OCc2ccccc2Cl)cc1)c1cccnc1Cl. The zero-order valence-corrected chi connectivity index (χ0v) is 15.6. The molecule has 0 saturated heterocycles. The van der Waals surface area contributed by atoms with Crippen molar-refractivity contribution in [1.82, 2.24) is 10.4 Å². The average Bonchev–Trinajstić information content (AvgIpc) is 2.68. The number of carbonyl (C=O) groups is 1. The molecule has 1 amide bonds. The number of hydrogen-bond donors (Lipinski definition) is 1. The second kappa shape index (κ2) is 9.16. The highest BCUT2D eigenvalue weighted by Gasteiger charge is 2.09. The van der Waals surface area contributed by atoms with Gasteiger partial charge >= 0.3 is 0 Å². The largest absolute Gasteiger partial charge is 0.489 e. The molecule has 2 aromatic carbocycles. The van der Waals surface area contributed by atoms with Crippen molar-refractivity contribution in [3.8, 4) is 5.75 Å². The Morgan fingerprint density at radius 2 is 1.85 bits per heavy atom. The molecule has 136 valence electrons. The van der Waals surface area contributed by atoms with Crippen LogP contribution in [0.15, 0.2) is 72.0 Å². The van der Waals surface area contributed by atoms with Crippen molar-refractivity contribution in [2.45, 2.75) is 6.61 Å². The molecule has 0 bridgehead atoms. The Hall–Kier alpha value is -2.89. The van der Waals surface area contributed by atoms with Gasteiger partial charge in [-0.25, -0.2) is 10.4 Å². The molecule has 1 N–H and O–H groups in total. The molecule has 0 aliphatic rings. The van der Waals surface area contributed by atoms with Gasteiger partial charge in [0.1, 0.15) is 17.5 Å². The van der Waals surface area contributed by atoms with E-state index in [0.29, 0.717) is 17.4 Å². The molecule has 1 aromatic heterocycles. The number of aromatic nitrogens is 1. The van der Waals surface area contributed by atoms with Gasteiger partial charge in [-0.2, -0.15) is 5.10 Å². The summed E-state index contributed by atoms with van der Waals surface area (Å²) in [5.74, 6) is 0.280. The Morgan fingerprint density at radius 3 is 2.59 bits per heavy atom. The smallest absolute Gasteiger partial charge is 0.274 e. The summed E-state index contributed by atoms with van der Waals surface area (Å²) in [6, 6.07) is 18.0. The molecular formula is C20H15Cl2N3O2. The van der Waals surface area contributed by atoms with E-state index >= 15 is 0 Å². The Bertz CT molecular complexity index is 959. The fourth-order valence-corrected chi connectivity index (χ4v) is 2.60.